The summed E-state index contributed by atoms with van der Waals surface area (Å²) < 4.78 is 0. The second-order valence-corrected chi connectivity index (χ2v) is 4.58. The van der Waals surface area contributed by atoms with E-state index in [-0.39, 0.29) is 6.04 Å². The third kappa shape index (κ3) is 3.49. The molecule has 1 saturated carbocycles. The average molecular weight is 233 g/mol. The van der Waals surface area contributed by atoms with Gasteiger partial charge in [0.1, 0.15) is 12.1 Å². The molecule has 1 aliphatic rings. The van der Waals surface area contributed by atoms with E-state index in [1.165, 1.54) is 19.2 Å². The van der Waals surface area contributed by atoms with E-state index in [1.54, 1.807) is 0 Å². The first kappa shape index (κ1) is 12.0. The molecule has 1 aromatic heterocycles. The first-order valence-corrected chi connectivity index (χ1v) is 6.02. The van der Waals surface area contributed by atoms with E-state index in [0.29, 0.717) is 23.9 Å². The van der Waals surface area contributed by atoms with Crippen molar-refractivity contribution in [2.45, 2.75) is 38.3 Å². The number of hydrogen-bond donors (Lipinski definition) is 3. The number of aromatic nitrogens is 2. The van der Waals surface area contributed by atoms with Gasteiger partial charge in [0.25, 0.3) is 0 Å². The summed E-state index contributed by atoms with van der Waals surface area (Å²) in [6.07, 6.45) is 4.64. The van der Waals surface area contributed by atoms with Crippen LogP contribution in [0.25, 0.3) is 0 Å². The molecule has 92 valence electrons. The Bertz CT molecular complexity index is 400. The standard InChI is InChI=1S/C12H19N5/c1-8(14-2)5-10(13)11-6-12(16-7-15-11)17-9-3-4-9/h6-9,13-14H,3-5H2,1-2H3,(H,15,16,17)/t8-/m1/s1. The minimum atomic E-state index is 0.289. The lowest BCUT2D eigenvalue weighted by atomic mass is 10.1. The summed E-state index contributed by atoms with van der Waals surface area (Å²) in [6, 6.07) is 2.73. The summed E-state index contributed by atoms with van der Waals surface area (Å²) in [7, 11) is 1.90. The highest BCUT2D eigenvalue weighted by molar-refractivity contribution is 5.97. The summed E-state index contributed by atoms with van der Waals surface area (Å²) >= 11 is 0. The highest BCUT2D eigenvalue weighted by Crippen LogP contribution is 2.23. The minimum absolute atomic E-state index is 0.289. The molecule has 0 spiro atoms. The lowest BCUT2D eigenvalue weighted by Gasteiger charge is -2.11. The number of hydrogen-bond acceptors (Lipinski definition) is 5. The Balaban J connectivity index is 2.01. The van der Waals surface area contributed by atoms with Crippen LogP contribution in [0.5, 0.6) is 0 Å². The third-order valence-corrected chi connectivity index (χ3v) is 2.91. The van der Waals surface area contributed by atoms with Gasteiger partial charge in [-0.25, -0.2) is 9.97 Å². The van der Waals surface area contributed by atoms with Crippen LogP contribution < -0.4 is 10.6 Å². The molecule has 2 rings (SSSR count). The van der Waals surface area contributed by atoms with Gasteiger partial charge < -0.3 is 16.0 Å². The Morgan fingerprint density at radius 2 is 2.29 bits per heavy atom. The smallest absolute Gasteiger partial charge is 0.130 e. The average Bonchev–Trinajstić information content (AvgIpc) is 3.13. The topological polar surface area (TPSA) is 73.7 Å². The van der Waals surface area contributed by atoms with Crippen molar-refractivity contribution in [2.24, 2.45) is 0 Å². The van der Waals surface area contributed by atoms with Gasteiger partial charge in [-0.15, -0.1) is 0 Å². The molecule has 0 aliphatic heterocycles. The quantitative estimate of drug-likeness (QED) is 0.650. The molecule has 0 unspecified atom stereocenters. The van der Waals surface area contributed by atoms with Crippen molar-refractivity contribution in [1.29, 1.82) is 5.41 Å². The maximum atomic E-state index is 8.00. The summed E-state index contributed by atoms with van der Waals surface area (Å²) in [5.41, 5.74) is 1.26. The molecule has 1 aromatic rings. The van der Waals surface area contributed by atoms with Crippen LogP contribution in [0.2, 0.25) is 0 Å². The van der Waals surface area contributed by atoms with Gasteiger partial charge >= 0.3 is 0 Å². The van der Waals surface area contributed by atoms with Crippen molar-refractivity contribution < 1.29 is 0 Å². The van der Waals surface area contributed by atoms with E-state index in [2.05, 4.69) is 27.5 Å². The Morgan fingerprint density at radius 1 is 1.53 bits per heavy atom. The van der Waals surface area contributed by atoms with Crippen LogP contribution in [0.3, 0.4) is 0 Å². The van der Waals surface area contributed by atoms with Crippen molar-refractivity contribution in [1.82, 2.24) is 15.3 Å². The summed E-state index contributed by atoms with van der Waals surface area (Å²) in [4.78, 5) is 8.32. The Morgan fingerprint density at radius 3 is 2.94 bits per heavy atom. The van der Waals surface area contributed by atoms with Crippen LogP contribution in [0, 0.1) is 5.41 Å². The monoisotopic (exact) mass is 233 g/mol. The molecule has 1 heterocycles. The summed E-state index contributed by atoms with van der Waals surface area (Å²) in [5.74, 6) is 0.833. The fourth-order valence-corrected chi connectivity index (χ4v) is 1.55. The van der Waals surface area contributed by atoms with E-state index in [9.17, 15) is 0 Å². The van der Waals surface area contributed by atoms with Crippen LogP contribution in [0.1, 0.15) is 31.9 Å². The second-order valence-electron chi connectivity index (χ2n) is 4.58. The van der Waals surface area contributed by atoms with E-state index in [4.69, 9.17) is 5.41 Å². The van der Waals surface area contributed by atoms with Crippen LogP contribution in [0.4, 0.5) is 5.82 Å². The second kappa shape index (κ2) is 5.23. The largest absolute Gasteiger partial charge is 0.367 e. The Labute approximate surface area is 102 Å². The van der Waals surface area contributed by atoms with E-state index >= 15 is 0 Å². The Hall–Kier alpha value is -1.49. The highest BCUT2D eigenvalue weighted by atomic mass is 15.1. The highest BCUT2D eigenvalue weighted by Gasteiger charge is 2.21. The molecule has 3 N–H and O–H groups in total. The summed E-state index contributed by atoms with van der Waals surface area (Å²) in [6.45, 7) is 2.05. The molecule has 5 heteroatoms. The lowest BCUT2D eigenvalue weighted by molar-refractivity contribution is 0.632. The van der Waals surface area contributed by atoms with E-state index in [0.717, 1.165) is 5.82 Å². The zero-order valence-corrected chi connectivity index (χ0v) is 10.3. The van der Waals surface area contributed by atoms with Crippen LogP contribution in [-0.4, -0.2) is 34.8 Å². The van der Waals surface area contributed by atoms with Gasteiger partial charge in [-0.2, -0.15) is 0 Å². The van der Waals surface area contributed by atoms with Gasteiger partial charge in [-0.05, 0) is 26.8 Å². The van der Waals surface area contributed by atoms with Crippen LogP contribution >= 0.6 is 0 Å². The van der Waals surface area contributed by atoms with Crippen LogP contribution in [-0.2, 0) is 0 Å². The molecule has 1 fully saturated rings. The predicted octanol–water partition coefficient (Wildman–Crippen LogP) is 1.42. The fourth-order valence-electron chi connectivity index (χ4n) is 1.55. The molecular formula is C12H19N5. The number of anilines is 1. The molecule has 0 aromatic carbocycles. The Kier molecular flexibility index (Phi) is 3.68. The minimum Gasteiger partial charge on any atom is -0.367 e. The molecule has 5 nitrogen and oxygen atoms in total. The van der Waals surface area contributed by atoms with Crippen molar-refractivity contribution in [2.75, 3.05) is 12.4 Å². The SMILES string of the molecule is CN[C@H](C)CC(=N)c1cc(NC2CC2)ncn1. The molecular weight excluding hydrogens is 214 g/mol. The van der Waals surface area contributed by atoms with E-state index in [1.807, 2.05) is 13.1 Å². The van der Waals surface area contributed by atoms with Gasteiger partial charge in [0, 0.05) is 24.6 Å². The fraction of sp³-hybridized carbons (Fsp3) is 0.583. The molecule has 0 saturated heterocycles. The molecule has 1 atom stereocenters. The molecule has 1 aliphatic carbocycles. The number of nitrogens with one attached hydrogen (secondary N) is 3. The zero-order valence-electron chi connectivity index (χ0n) is 10.3. The van der Waals surface area contributed by atoms with E-state index < -0.39 is 0 Å². The first-order valence-electron chi connectivity index (χ1n) is 6.02. The maximum Gasteiger partial charge on any atom is 0.130 e. The normalized spacial score (nSPS) is 16.6. The van der Waals surface area contributed by atoms with Gasteiger partial charge in [-0.1, -0.05) is 0 Å². The number of rotatable bonds is 6. The third-order valence-electron chi connectivity index (χ3n) is 2.91. The van der Waals surface area contributed by atoms with Crippen molar-refractivity contribution in [3.8, 4) is 0 Å². The van der Waals surface area contributed by atoms with Crippen molar-refractivity contribution >= 4 is 11.5 Å². The van der Waals surface area contributed by atoms with Crippen molar-refractivity contribution in [3.63, 3.8) is 0 Å². The molecule has 0 radical (unpaired) electrons. The maximum absolute atomic E-state index is 8.00. The molecule has 0 bridgehead atoms. The zero-order chi connectivity index (χ0) is 12.3. The van der Waals surface area contributed by atoms with Gasteiger partial charge in [-0.3, -0.25) is 0 Å². The van der Waals surface area contributed by atoms with Crippen molar-refractivity contribution in [3.05, 3.63) is 18.1 Å². The molecule has 17 heavy (non-hydrogen) atoms. The van der Waals surface area contributed by atoms with Gasteiger partial charge in [0.2, 0.25) is 0 Å². The summed E-state index contributed by atoms with van der Waals surface area (Å²) in [5, 5.41) is 14.4. The first-order chi connectivity index (χ1) is 8.19. The van der Waals surface area contributed by atoms with Crippen LogP contribution in [0.15, 0.2) is 12.4 Å². The molecule has 0 amide bonds. The number of nitrogens with zero attached hydrogens (tertiary/aromatic N) is 2. The lowest BCUT2D eigenvalue weighted by Crippen LogP contribution is -2.25. The van der Waals surface area contributed by atoms with Gasteiger partial charge in [0.15, 0.2) is 0 Å². The van der Waals surface area contributed by atoms with Gasteiger partial charge in [0.05, 0.1) is 11.4 Å². The predicted molar refractivity (Wildman–Crippen MR) is 68.6 cm³/mol.